The molecule has 0 aromatic heterocycles. The zero-order chi connectivity index (χ0) is 16.0. The van der Waals surface area contributed by atoms with E-state index in [1.165, 1.54) is 4.90 Å². The van der Waals surface area contributed by atoms with Gasteiger partial charge in [0.25, 0.3) is 0 Å². The van der Waals surface area contributed by atoms with Crippen LogP contribution >= 0.6 is 12.2 Å². The predicted octanol–water partition coefficient (Wildman–Crippen LogP) is 1.55. The number of carbonyl (C=O) groups excluding carboxylic acids is 2. The molecule has 0 atom stereocenters. The molecule has 2 N–H and O–H groups in total. The third-order valence-corrected chi connectivity index (χ3v) is 4.81. The summed E-state index contributed by atoms with van der Waals surface area (Å²) in [4.78, 5) is 28.4. The second-order valence-corrected chi connectivity index (χ2v) is 6.17. The summed E-state index contributed by atoms with van der Waals surface area (Å²) in [7, 11) is 1.67. The van der Waals surface area contributed by atoms with Crippen LogP contribution in [0, 0.1) is 5.41 Å². The molecule has 0 heterocycles. The van der Waals surface area contributed by atoms with Crippen LogP contribution in [0.4, 0.5) is 0 Å². The number of hydrogen-bond donors (Lipinski definition) is 1. The third kappa shape index (κ3) is 3.93. The van der Waals surface area contributed by atoms with Gasteiger partial charge in [-0.2, -0.15) is 0 Å². The summed E-state index contributed by atoms with van der Waals surface area (Å²) >= 11 is 5.17. The number of carbonyl (C=O) groups is 2. The molecule has 1 saturated carbocycles. The Balaban J connectivity index is 2.80. The zero-order valence-electron chi connectivity index (χ0n) is 13.4. The van der Waals surface area contributed by atoms with E-state index in [0.29, 0.717) is 25.9 Å². The van der Waals surface area contributed by atoms with Crippen molar-refractivity contribution in [2.24, 2.45) is 11.1 Å². The van der Waals surface area contributed by atoms with E-state index in [1.54, 1.807) is 11.9 Å². The lowest BCUT2D eigenvalue weighted by Gasteiger charge is -2.38. The van der Waals surface area contributed by atoms with Crippen LogP contribution in [0.15, 0.2) is 0 Å². The van der Waals surface area contributed by atoms with Crippen molar-refractivity contribution < 1.29 is 9.59 Å². The second-order valence-electron chi connectivity index (χ2n) is 5.73. The number of nitrogens with two attached hydrogens (primary N) is 1. The van der Waals surface area contributed by atoms with Gasteiger partial charge in [-0.15, -0.1) is 0 Å². The molecule has 1 fully saturated rings. The SMILES string of the molecule is CCN(CC)C(=O)CN(C)C(=O)C1(C(N)=S)CCCCC1. The van der Waals surface area contributed by atoms with Crippen LogP contribution < -0.4 is 5.73 Å². The van der Waals surface area contributed by atoms with E-state index in [2.05, 4.69) is 0 Å². The summed E-state index contributed by atoms with van der Waals surface area (Å²) in [5.74, 6) is -0.139. The summed E-state index contributed by atoms with van der Waals surface area (Å²) in [5, 5.41) is 0. The summed E-state index contributed by atoms with van der Waals surface area (Å²) < 4.78 is 0. The van der Waals surface area contributed by atoms with Crippen molar-refractivity contribution in [2.75, 3.05) is 26.7 Å². The standard InChI is InChI=1S/C15H27N3O2S/c1-4-18(5-2)12(19)11-17(3)14(20)15(13(16)21)9-7-6-8-10-15/h4-11H2,1-3H3,(H2,16,21). The largest absolute Gasteiger partial charge is 0.392 e. The van der Waals surface area contributed by atoms with Gasteiger partial charge in [-0.05, 0) is 26.7 Å². The highest BCUT2D eigenvalue weighted by molar-refractivity contribution is 7.80. The number of hydrogen-bond acceptors (Lipinski definition) is 3. The van der Waals surface area contributed by atoms with Crippen molar-refractivity contribution in [3.05, 3.63) is 0 Å². The van der Waals surface area contributed by atoms with E-state index in [4.69, 9.17) is 18.0 Å². The minimum atomic E-state index is -0.744. The van der Waals surface area contributed by atoms with E-state index in [-0.39, 0.29) is 23.3 Å². The molecular weight excluding hydrogens is 286 g/mol. The molecule has 0 aromatic rings. The molecule has 0 aromatic carbocycles. The maximum absolute atomic E-state index is 12.8. The van der Waals surface area contributed by atoms with Crippen molar-refractivity contribution in [2.45, 2.75) is 46.0 Å². The molecule has 0 saturated heterocycles. The summed E-state index contributed by atoms with van der Waals surface area (Å²) in [6.07, 6.45) is 4.43. The molecular formula is C15H27N3O2S. The Labute approximate surface area is 132 Å². The fraction of sp³-hybridized carbons (Fsp3) is 0.800. The Bertz CT molecular complexity index is 402. The Morgan fingerprint density at radius 1 is 1.14 bits per heavy atom. The van der Waals surface area contributed by atoms with Gasteiger partial charge in [0.2, 0.25) is 11.8 Å². The molecule has 0 bridgehead atoms. The van der Waals surface area contributed by atoms with Gasteiger partial charge in [0.15, 0.2) is 0 Å². The second kappa shape index (κ2) is 7.73. The Kier molecular flexibility index (Phi) is 6.58. The molecule has 5 nitrogen and oxygen atoms in total. The third-order valence-electron chi connectivity index (χ3n) is 4.42. The molecule has 0 aliphatic heterocycles. The Hall–Kier alpha value is -1.17. The highest BCUT2D eigenvalue weighted by atomic mass is 32.1. The van der Waals surface area contributed by atoms with E-state index >= 15 is 0 Å². The number of rotatable bonds is 6. The van der Waals surface area contributed by atoms with Gasteiger partial charge in [0, 0.05) is 20.1 Å². The van der Waals surface area contributed by atoms with E-state index in [0.717, 1.165) is 19.3 Å². The van der Waals surface area contributed by atoms with E-state index in [1.807, 2.05) is 13.8 Å². The van der Waals surface area contributed by atoms with Crippen molar-refractivity contribution in [1.29, 1.82) is 0 Å². The molecule has 0 spiro atoms. The minimum absolute atomic E-state index is 0.0373. The van der Waals surface area contributed by atoms with E-state index < -0.39 is 5.41 Å². The molecule has 120 valence electrons. The normalized spacial score (nSPS) is 17.1. The fourth-order valence-corrected chi connectivity index (χ4v) is 3.33. The van der Waals surface area contributed by atoms with Gasteiger partial charge >= 0.3 is 0 Å². The molecule has 21 heavy (non-hydrogen) atoms. The van der Waals surface area contributed by atoms with E-state index in [9.17, 15) is 9.59 Å². The van der Waals surface area contributed by atoms with Crippen molar-refractivity contribution in [1.82, 2.24) is 9.80 Å². The summed E-state index contributed by atoms with van der Waals surface area (Å²) in [6, 6.07) is 0. The van der Waals surface area contributed by atoms with Crippen LogP contribution in [0.25, 0.3) is 0 Å². The highest BCUT2D eigenvalue weighted by Gasteiger charge is 2.44. The van der Waals surface area contributed by atoms with Gasteiger partial charge in [-0.1, -0.05) is 31.5 Å². The van der Waals surface area contributed by atoms with Crippen LogP contribution in [0.3, 0.4) is 0 Å². The molecule has 1 aliphatic carbocycles. The molecule has 1 aliphatic rings. The lowest BCUT2D eigenvalue weighted by molar-refractivity contribution is -0.144. The van der Waals surface area contributed by atoms with Crippen LogP contribution in [0.1, 0.15) is 46.0 Å². The van der Waals surface area contributed by atoms with Crippen molar-refractivity contribution in [3.63, 3.8) is 0 Å². The average Bonchev–Trinajstić information content (AvgIpc) is 2.48. The lowest BCUT2D eigenvalue weighted by Crippen LogP contribution is -2.52. The topological polar surface area (TPSA) is 66.6 Å². The van der Waals surface area contributed by atoms with Gasteiger partial charge in [-0.3, -0.25) is 9.59 Å². The number of thiocarbonyl (C=S) groups is 1. The number of nitrogens with zero attached hydrogens (tertiary/aromatic N) is 2. The van der Waals surface area contributed by atoms with Gasteiger partial charge in [0.1, 0.15) is 0 Å². The van der Waals surface area contributed by atoms with Gasteiger partial charge < -0.3 is 15.5 Å². The van der Waals surface area contributed by atoms with Crippen LogP contribution in [-0.4, -0.2) is 53.3 Å². The van der Waals surface area contributed by atoms with Gasteiger partial charge in [-0.25, -0.2) is 0 Å². The minimum Gasteiger partial charge on any atom is -0.392 e. The average molecular weight is 313 g/mol. The molecule has 0 unspecified atom stereocenters. The number of likely N-dealkylation sites (N-methyl/N-ethyl adjacent to an activating group) is 2. The first kappa shape index (κ1) is 17.9. The Morgan fingerprint density at radius 3 is 2.10 bits per heavy atom. The molecule has 0 radical (unpaired) electrons. The number of amides is 2. The Morgan fingerprint density at radius 2 is 1.67 bits per heavy atom. The first-order valence-corrected chi connectivity index (χ1v) is 8.13. The maximum Gasteiger partial charge on any atom is 0.242 e. The lowest BCUT2D eigenvalue weighted by atomic mass is 9.73. The van der Waals surface area contributed by atoms with Crippen LogP contribution in [-0.2, 0) is 9.59 Å². The summed E-state index contributed by atoms with van der Waals surface area (Å²) in [5.41, 5.74) is 5.13. The zero-order valence-corrected chi connectivity index (χ0v) is 14.2. The monoisotopic (exact) mass is 313 g/mol. The molecule has 1 rings (SSSR count). The summed E-state index contributed by atoms with van der Waals surface area (Å²) in [6.45, 7) is 5.25. The fourth-order valence-electron chi connectivity index (χ4n) is 3.04. The van der Waals surface area contributed by atoms with Crippen LogP contribution in [0.2, 0.25) is 0 Å². The first-order chi connectivity index (χ1) is 9.89. The van der Waals surface area contributed by atoms with Crippen molar-refractivity contribution >= 4 is 29.0 Å². The van der Waals surface area contributed by atoms with Gasteiger partial charge in [0.05, 0.1) is 16.9 Å². The smallest absolute Gasteiger partial charge is 0.242 e. The van der Waals surface area contributed by atoms with Crippen LogP contribution in [0.5, 0.6) is 0 Å². The molecule has 2 amide bonds. The highest BCUT2D eigenvalue weighted by Crippen LogP contribution is 2.38. The molecule has 6 heteroatoms. The maximum atomic E-state index is 12.8. The quantitative estimate of drug-likeness (QED) is 0.756. The first-order valence-electron chi connectivity index (χ1n) is 7.72. The predicted molar refractivity (Wildman–Crippen MR) is 87.9 cm³/mol. The van der Waals surface area contributed by atoms with Crippen molar-refractivity contribution in [3.8, 4) is 0 Å².